The van der Waals surface area contributed by atoms with Crippen molar-refractivity contribution in [3.8, 4) is 0 Å². The Kier molecular flexibility index (Phi) is 4.79. The lowest BCUT2D eigenvalue weighted by Gasteiger charge is -2.11. The Morgan fingerprint density at radius 3 is 2.28 bits per heavy atom. The van der Waals surface area contributed by atoms with E-state index in [0.29, 0.717) is 21.7 Å². The molecule has 32 heavy (non-hydrogen) atoms. The first-order valence-electron chi connectivity index (χ1n) is 9.94. The molecule has 5 aromatic rings. The van der Waals surface area contributed by atoms with E-state index in [1.165, 1.54) is 4.68 Å². The van der Waals surface area contributed by atoms with Crippen LogP contribution in [0.25, 0.3) is 21.7 Å². The normalized spacial score (nSPS) is 11.0. The Hall–Kier alpha value is -4.59. The lowest BCUT2D eigenvalue weighted by molar-refractivity contribution is 0.102. The largest absolute Gasteiger partial charge is 0.292 e. The number of fused-ring (bicyclic) bond motifs is 2. The first kappa shape index (κ1) is 19.4. The van der Waals surface area contributed by atoms with Gasteiger partial charge in [0.15, 0.2) is 5.69 Å². The molecule has 156 valence electrons. The summed E-state index contributed by atoms with van der Waals surface area (Å²) in [5.41, 5.74) is 0.741. The number of carbonyl (C=O) groups is 1. The summed E-state index contributed by atoms with van der Waals surface area (Å²) in [5, 5.41) is 8.18. The summed E-state index contributed by atoms with van der Waals surface area (Å²) in [6.45, 7) is 0.218. The van der Waals surface area contributed by atoms with Gasteiger partial charge in [-0.25, -0.2) is 9.67 Å². The summed E-state index contributed by atoms with van der Waals surface area (Å²) in [7, 11) is 0. The highest BCUT2D eigenvalue weighted by Gasteiger charge is 2.18. The van der Waals surface area contributed by atoms with Crippen molar-refractivity contribution < 1.29 is 4.79 Å². The molecule has 3 aromatic carbocycles. The highest BCUT2D eigenvalue weighted by molar-refractivity contribution is 6.10. The summed E-state index contributed by atoms with van der Waals surface area (Å²) < 4.78 is 1.27. The first-order valence-corrected chi connectivity index (χ1v) is 9.94. The number of aromatic nitrogens is 4. The number of benzene rings is 3. The second kappa shape index (κ2) is 7.92. The molecular formula is C24H17N5O3. The summed E-state index contributed by atoms with van der Waals surface area (Å²) >= 11 is 0. The van der Waals surface area contributed by atoms with Crippen LogP contribution in [0.15, 0.2) is 88.5 Å². The van der Waals surface area contributed by atoms with Gasteiger partial charge in [-0.1, -0.05) is 60.7 Å². The molecule has 1 amide bonds. The number of para-hydroxylation sites is 1. The Labute approximate surface area is 181 Å². The third kappa shape index (κ3) is 3.54. The molecule has 2 N–H and O–H groups in total. The van der Waals surface area contributed by atoms with E-state index in [1.807, 2.05) is 30.3 Å². The van der Waals surface area contributed by atoms with E-state index in [4.69, 9.17) is 0 Å². The molecule has 0 saturated carbocycles. The molecule has 0 bridgehead atoms. The van der Waals surface area contributed by atoms with Crippen molar-refractivity contribution in [2.75, 3.05) is 5.32 Å². The minimum absolute atomic E-state index is 0.00499. The molecule has 2 aromatic heterocycles. The van der Waals surface area contributed by atoms with Crippen LogP contribution in [0.3, 0.4) is 0 Å². The van der Waals surface area contributed by atoms with Crippen LogP contribution in [0.2, 0.25) is 0 Å². The van der Waals surface area contributed by atoms with Gasteiger partial charge >= 0.3 is 0 Å². The number of carbonyl (C=O) groups excluding carboxylic acids is 1. The number of amides is 1. The molecule has 0 atom stereocenters. The third-order valence-corrected chi connectivity index (χ3v) is 5.10. The van der Waals surface area contributed by atoms with Gasteiger partial charge in [0, 0.05) is 5.39 Å². The van der Waals surface area contributed by atoms with Crippen LogP contribution in [0.5, 0.6) is 0 Å². The van der Waals surface area contributed by atoms with E-state index in [1.54, 1.807) is 48.5 Å². The monoisotopic (exact) mass is 423 g/mol. The lowest BCUT2D eigenvalue weighted by Crippen LogP contribution is -2.28. The van der Waals surface area contributed by atoms with Gasteiger partial charge in [-0.15, -0.1) is 0 Å². The van der Waals surface area contributed by atoms with Crippen molar-refractivity contribution in [1.29, 1.82) is 0 Å². The maximum atomic E-state index is 13.1. The maximum Gasteiger partial charge on any atom is 0.279 e. The van der Waals surface area contributed by atoms with Crippen LogP contribution in [0.1, 0.15) is 16.1 Å². The van der Waals surface area contributed by atoms with Gasteiger partial charge < -0.3 is 0 Å². The van der Waals surface area contributed by atoms with Crippen molar-refractivity contribution in [2.45, 2.75) is 6.54 Å². The van der Waals surface area contributed by atoms with Gasteiger partial charge in [-0.05, 0) is 23.8 Å². The lowest BCUT2D eigenvalue weighted by atomic mass is 10.1. The highest BCUT2D eigenvalue weighted by Crippen LogP contribution is 2.16. The molecule has 8 nitrogen and oxygen atoms in total. The second-order valence-electron chi connectivity index (χ2n) is 7.23. The summed E-state index contributed by atoms with van der Waals surface area (Å²) in [4.78, 5) is 45.3. The number of nitrogens with zero attached hydrogens (tertiary/aromatic N) is 3. The molecule has 0 aliphatic heterocycles. The fraction of sp³-hybridized carbons (Fsp3) is 0.0417. The van der Waals surface area contributed by atoms with Gasteiger partial charge in [0.2, 0.25) is 5.95 Å². The average molecular weight is 423 g/mol. The second-order valence-corrected chi connectivity index (χ2v) is 7.23. The molecule has 0 radical (unpaired) electrons. The molecular weight excluding hydrogens is 406 g/mol. The topological polar surface area (TPSA) is 110 Å². The highest BCUT2D eigenvalue weighted by atomic mass is 16.2. The number of nitrogens with one attached hydrogen (secondary N) is 2. The van der Waals surface area contributed by atoms with Crippen LogP contribution in [0.4, 0.5) is 5.95 Å². The Bertz CT molecular complexity index is 1590. The zero-order valence-electron chi connectivity index (χ0n) is 16.8. The predicted octanol–water partition coefficient (Wildman–Crippen LogP) is 2.93. The average Bonchev–Trinajstić information content (AvgIpc) is 2.81. The van der Waals surface area contributed by atoms with Crippen LogP contribution in [-0.4, -0.2) is 25.7 Å². The molecule has 0 unspecified atom stereocenters. The van der Waals surface area contributed by atoms with Crippen molar-refractivity contribution in [3.63, 3.8) is 0 Å². The minimum Gasteiger partial charge on any atom is -0.292 e. The predicted molar refractivity (Wildman–Crippen MR) is 122 cm³/mol. The number of H-pyrrole nitrogens is 1. The number of anilines is 1. The smallest absolute Gasteiger partial charge is 0.279 e. The fourth-order valence-electron chi connectivity index (χ4n) is 3.58. The van der Waals surface area contributed by atoms with E-state index >= 15 is 0 Å². The van der Waals surface area contributed by atoms with Crippen LogP contribution in [0, 0.1) is 0 Å². The summed E-state index contributed by atoms with van der Waals surface area (Å²) in [5.74, 6) is -0.577. The molecule has 2 heterocycles. The zero-order valence-corrected chi connectivity index (χ0v) is 16.8. The zero-order chi connectivity index (χ0) is 22.1. The molecule has 0 aliphatic carbocycles. The third-order valence-electron chi connectivity index (χ3n) is 5.10. The van der Waals surface area contributed by atoms with E-state index < -0.39 is 5.91 Å². The quantitative estimate of drug-likeness (QED) is 0.462. The fourth-order valence-corrected chi connectivity index (χ4v) is 3.58. The van der Waals surface area contributed by atoms with Gasteiger partial charge in [0.05, 0.1) is 22.8 Å². The minimum atomic E-state index is -0.582. The van der Waals surface area contributed by atoms with Crippen LogP contribution in [-0.2, 0) is 6.54 Å². The van der Waals surface area contributed by atoms with E-state index in [9.17, 15) is 14.4 Å². The summed E-state index contributed by atoms with van der Waals surface area (Å²) in [6.07, 6.45) is 0. The van der Waals surface area contributed by atoms with Crippen LogP contribution < -0.4 is 16.4 Å². The number of hydrogen-bond acceptors (Lipinski definition) is 5. The van der Waals surface area contributed by atoms with Gasteiger partial charge in [-0.3, -0.25) is 24.7 Å². The maximum absolute atomic E-state index is 13.1. The van der Waals surface area contributed by atoms with Crippen molar-refractivity contribution in [1.82, 2.24) is 19.7 Å². The van der Waals surface area contributed by atoms with E-state index in [-0.39, 0.29) is 29.3 Å². The van der Waals surface area contributed by atoms with E-state index in [2.05, 4.69) is 20.4 Å². The first-order chi connectivity index (χ1) is 15.6. The Balaban J connectivity index is 1.58. The Morgan fingerprint density at radius 1 is 0.844 bits per heavy atom. The van der Waals surface area contributed by atoms with Gasteiger partial charge in [0.1, 0.15) is 0 Å². The molecule has 0 saturated heterocycles. The van der Waals surface area contributed by atoms with Crippen molar-refractivity contribution >= 4 is 33.5 Å². The number of hydrogen-bond donors (Lipinski definition) is 2. The van der Waals surface area contributed by atoms with E-state index in [0.717, 1.165) is 5.56 Å². The number of aromatic amines is 1. The molecule has 8 heteroatoms. The molecule has 5 rings (SSSR count). The molecule has 0 fully saturated rings. The number of rotatable bonds is 4. The summed E-state index contributed by atoms with van der Waals surface area (Å²) in [6, 6.07) is 23.0. The SMILES string of the molecule is O=C(Nc1nc2ccccc2c(=O)[nH]1)c1nn(Cc2ccccc2)c(=O)c2ccccc12. The molecule has 0 aliphatic rings. The molecule has 0 spiro atoms. The van der Waals surface area contributed by atoms with Gasteiger partial charge in [0.25, 0.3) is 17.0 Å². The van der Waals surface area contributed by atoms with Crippen molar-refractivity contribution in [2.24, 2.45) is 0 Å². The van der Waals surface area contributed by atoms with Crippen molar-refractivity contribution in [3.05, 3.63) is 111 Å². The Morgan fingerprint density at radius 2 is 1.50 bits per heavy atom. The standard InChI is InChI=1S/C24H17N5O3/c30-21-18-12-6-7-13-19(18)25-24(26-21)27-22(31)20-16-10-4-5-11-17(16)23(32)29(28-20)14-15-8-2-1-3-9-15/h1-13H,14H2,(H2,25,26,27,30,31). The van der Waals surface area contributed by atoms with Crippen LogP contribution >= 0.6 is 0 Å². The van der Waals surface area contributed by atoms with Gasteiger partial charge in [-0.2, -0.15) is 5.10 Å².